The van der Waals surface area contributed by atoms with Gasteiger partial charge >= 0.3 is 0 Å². The summed E-state index contributed by atoms with van der Waals surface area (Å²) >= 11 is 0. The highest BCUT2D eigenvalue weighted by atomic mass is 31.2. The largest absolute Gasteiger partial charge is 0.313 e. The van der Waals surface area contributed by atoms with Crippen LogP contribution in [0.25, 0.3) is 0 Å². The molecular formula is C28H26O2P2. The van der Waals surface area contributed by atoms with Gasteiger partial charge in [-0.25, -0.2) is 0 Å². The summed E-state index contributed by atoms with van der Waals surface area (Å²) in [6.45, 7) is 6.27. The number of hydrogen-bond acceptors (Lipinski definition) is 2. The fraction of sp³-hybridized carbons (Fsp3) is 0.0714. The summed E-state index contributed by atoms with van der Waals surface area (Å²) in [5, 5.41) is 3.40. The molecule has 4 heteroatoms. The van der Waals surface area contributed by atoms with Crippen molar-refractivity contribution >= 4 is 35.5 Å². The molecule has 0 saturated heterocycles. The molecule has 0 aliphatic carbocycles. The molecule has 0 aliphatic heterocycles. The molecule has 0 spiro atoms. The van der Waals surface area contributed by atoms with E-state index in [0.717, 1.165) is 10.6 Å². The molecule has 0 bridgehead atoms. The first-order valence-electron chi connectivity index (χ1n) is 10.6. The van der Waals surface area contributed by atoms with E-state index in [2.05, 4.69) is 6.58 Å². The van der Waals surface area contributed by atoms with Crippen molar-refractivity contribution in [3.8, 4) is 0 Å². The molecule has 160 valence electrons. The van der Waals surface area contributed by atoms with Gasteiger partial charge in [0.2, 0.25) is 0 Å². The van der Waals surface area contributed by atoms with Gasteiger partial charge in [-0.1, -0.05) is 135 Å². The molecule has 0 radical (unpaired) electrons. The van der Waals surface area contributed by atoms with Crippen LogP contribution in [0, 0.1) is 0 Å². The van der Waals surface area contributed by atoms with Crippen molar-refractivity contribution in [3.05, 3.63) is 133 Å². The van der Waals surface area contributed by atoms with Crippen molar-refractivity contribution in [2.45, 2.75) is 12.6 Å². The predicted molar refractivity (Wildman–Crippen MR) is 138 cm³/mol. The van der Waals surface area contributed by atoms with E-state index < -0.39 is 19.9 Å². The molecular weight excluding hydrogens is 430 g/mol. The van der Waals surface area contributed by atoms with Crippen LogP contribution in [0.3, 0.4) is 0 Å². The number of rotatable bonds is 7. The first-order valence-corrected chi connectivity index (χ1v) is 14.1. The summed E-state index contributed by atoms with van der Waals surface area (Å²) in [5.41, 5.74) is -0.529. The van der Waals surface area contributed by atoms with Gasteiger partial charge in [0.25, 0.3) is 0 Å². The molecule has 1 atom stereocenters. The van der Waals surface area contributed by atoms with Crippen molar-refractivity contribution in [3.63, 3.8) is 0 Å². The van der Waals surface area contributed by atoms with Gasteiger partial charge in [-0.3, -0.25) is 0 Å². The van der Waals surface area contributed by atoms with E-state index in [4.69, 9.17) is 0 Å². The van der Waals surface area contributed by atoms with Gasteiger partial charge in [-0.15, -0.1) is 0 Å². The van der Waals surface area contributed by atoms with Gasteiger partial charge in [0.15, 0.2) is 7.14 Å². The zero-order valence-corrected chi connectivity index (χ0v) is 19.8. The van der Waals surface area contributed by atoms with E-state index >= 15 is 0 Å². The Morgan fingerprint density at radius 2 is 0.844 bits per heavy atom. The third-order valence-corrected chi connectivity index (χ3v) is 12.9. The molecule has 0 aliphatic rings. The van der Waals surface area contributed by atoms with Crippen molar-refractivity contribution < 1.29 is 9.13 Å². The summed E-state index contributed by atoms with van der Waals surface area (Å²) in [6.07, 6.45) is 0. The van der Waals surface area contributed by atoms with Gasteiger partial charge in [-0.2, -0.15) is 0 Å². The summed E-state index contributed by atoms with van der Waals surface area (Å²) < 4.78 is 29.7. The Morgan fingerprint density at radius 1 is 0.562 bits per heavy atom. The topological polar surface area (TPSA) is 34.1 Å². The molecule has 4 aromatic rings. The molecule has 4 rings (SSSR count). The van der Waals surface area contributed by atoms with Crippen LogP contribution in [0.5, 0.6) is 0 Å². The average Bonchev–Trinajstić information content (AvgIpc) is 2.89. The normalized spacial score (nSPS) is 12.8. The lowest BCUT2D eigenvalue weighted by Crippen LogP contribution is -2.28. The Hall–Kier alpha value is -2.92. The first-order chi connectivity index (χ1) is 15.5. The highest BCUT2D eigenvalue weighted by molar-refractivity contribution is 7.85. The predicted octanol–water partition coefficient (Wildman–Crippen LogP) is 5.92. The van der Waals surface area contributed by atoms with Crippen LogP contribution in [0.2, 0.25) is 0 Å². The monoisotopic (exact) mass is 456 g/mol. The first kappa shape index (κ1) is 22.3. The van der Waals surface area contributed by atoms with Crippen molar-refractivity contribution in [1.82, 2.24) is 0 Å². The molecule has 32 heavy (non-hydrogen) atoms. The van der Waals surface area contributed by atoms with Crippen LogP contribution in [0.4, 0.5) is 0 Å². The molecule has 0 amide bonds. The number of benzene rings is 4. The molecule has 0 heterocycles. The fourth-order valence-corrected chi connectivity index (χ4v) is 10.6. The molecule has 0 aromatic heterocycles. The molecule has 0 fully saturated rings. The van der Waals surface area contributed by atoms with E-state index in [1.165, 1.54) is 0 Å². The average molecular weight is 456 g/mol. The summed E-state index contributed by atoms with van der Waals surface area (Å²) in [7, 11) is -6.46. The SMILES string of the molecule is C=C(C(C)P(=O)(c1ccccc1)c1ccccc1)P(=O)(c1ccccc1)c1ccccc1. The maximum absolute atomic E-state index is 14.9. The van der Waals surface area contributed by atoms with Crippen LogP contribution in [-0.2, 0) is 9.13 Å². The third-order valence-electron chi connectivity index (χ3n) is 5.95. The minimum absolute atomic E-state index is 0.505. The van der Waals surface area contributed by atoms with Gasteiger partial charge in [0, 0.05) is 32.2 Å². The Morgan fingerprint density at radius 3 is 1.16 bits per heavy atom. The second-order valence-electron chi connectivity index (χ2n) is 7.78. The van der Waals surface area contributed by atoms with Gasteiger partial charge in [-0.05, 0) is 0 Å². The zero-order valence-electron chi connectivity index (χ0n) is 18.0. The zero-order chi connectivity index (χ0) is 22.6. The Kier molecular flexibility index (Phi) is 6.47. The van der Waals surface area contributed by atoms with E-state index in [-0.39, 0.29) is 0 Å². The Balaban J connectivity index is 1.92. The van der Waals surface area contributed by atoms with Crippen molar-refractivity contribution in [2.75, 3.05) is 0 Å². The highest BCUT2D eigenvalue weighted by Gasteiger charge is 2.42. The maximum atomic E-state index is 14.9. The minimum Gasteiger partial charge on any atom is -0.313 e. The van der Waals surface area contributed by atoms with E-state index in [1.807, 2.05) is 128 Å². The lowest BCUT2D eigenvalue weighted by atomic mass is 10.4. The molecule has 4 aromatic carbocycles. The highest BCUT2D eigenvalue weighted by Crippen LogP contribution is 2.61. The molecule has 0 saturated carbocycles. The summed E-state index contributed by atoms with van der Waals surface area (Å²) in [4.78, 5) is 0. The summed E-state index contributed by atoms with van der Waals surface area (Å²) in [6, 6.07) is 37.9. The van der Waals surface area contributed by atoms with E-state index in [0.29, 0.717) is 15.9 Å². The second-order valence-corrected chi connectivity index (χ2v) is 13.7. The number of allylic oxidation sites excluding steroid dienone is 1. The standard InChI is InChI=1S/C28H26O2P2/c1-23(31(29,25-15-7-3-8-16-25)26-17-9-4-10-18-26)24(2)32(30,27-19-11-5-12-20-27)28-21-13-6-14-22-28/h3-22,24H,1H2,2H3. The van der Waals surface area contributed by atoms with Crippen LogP contribution >= 0.6 is 14.3 Å². The van der Waals surface area contributed by atoms with Crippen molar-refractivity contribution in [1.29, 1.82) is 0 Å². The second kappa shape index (κ2) is 9.29. The quantitative estimate of drug-likeness (QED) is 0.324. The smallest absolute Gasteiger partial charge is 0.167 e. The Bertz CT molecular complexity index is 1200. The van der Waals surface area contributed by atoms with Crippen LogP contribution in [0.15, 0.2) is 133 Å². The van der Waals surface area contributed by atoms with Crippen LogP contribution < -0.4 is 21.2 Å². The van der Waals surface area contributed by atoms with Gasteiger partial charge < -0.3 is 9.13 Å². The Labute approximate surface area is 190 Å². The van der Waals surface area contributed by atoms with Crippen LogP contribution in [0.1, 0.15) is 6.92 Å². The lowest BCUT2D eigenvalue weighted by Gasteiger charge is -2.32. The number of hydrogen-bond donors (Lipinski definition) is 0. The van der Waals surface area contributed by atoms with E-state index in [9.17, 15) is 9.13 Å². The fourth-order valence-electron chi connectivity index (χ4n) is 4.12. The molecule has 0 N–H and O–H groups in total. The molecule has 2 nitrogen and oxygen atoms in total. The lowest BCUT2D eigenvalue weighted by molar-refractivity contribution is 0.580. The summed E-state index contributed by atoms with van der Waals surface area (Å²) in [5.74, 6) is 0. The third kappa shape index (κ3) is 3.86. The van der Waals surface area contributed by atoms with Crippen LogP contribution in [-0.4, -0.2) is 5.66 Å². The van der Waals surface area contributed by atoms with Crippen molar-refractivity contribution in [2.24, 2.45) is 0 Å². The van der Waals surface area contributed by atoms with Gasteiger partial charge in [0.05, 0.1) is 0 Å². The minimum atomic E-state index is -3.28. The molecule has 1 unspecified atom stereocenters. The maximum Gasteiger partial charge on any atom is 0.167 e. The van der Waals surface area contributed by atoms with E-state index in [1.54, 1.807) is 0 Å². The van der Waals surface area contributed by atoms with Gasteiger partial charge in [0.1, 0.15) is 7.14 Å².